The van der Waals surface area contributed by atoms with Gasteiger partial charge in [0.25, 0.3) is 0 Å². The molecule has 0 unspecified atom stereocenters. The largest absolute Gasteiger partial charge is 0.493 e. The van der Waals surface area contributed by atoms with Crippen LogP contribution >= 0.6 is 22.7 Å². The highest BCUT2D eigenvalue weighted by Crippen LogP contribution is 2.33. The molecule has 0 N–H and O–H groups in total. The second-order valence-corrected chi connectivity index (χ2v) is 8.69. The van der Waals surface area contributed by atoms with Gasteiger partial charge in [0.2, 0.25) is 5.91 Å². The number of hydrogen-bond acceptors (Lipinski definition) is 7. The van der Waals surface area contributed by atoms with Crippen LogP contribution in [0.2, 0.25) is 0 Å². The van der Waals surface area contributed by atoms with Gasteiger partial charge in [-0.1, -0.05) is 6.07 Å². The quantitative estimate of drug-likeness (QED) is 0.345. The lowest BCUT2D eigenvalue weighted by molar-refractivity contribution is -0.132. The molecule has 0 fully saturated rings. The molecule has 160 valence electrons. The fourth-order valence-electron chi connectivity index (χ4n) is 3.17. The number of methoxy groups -OCH3 is 2. The van der Waals surface area contributed by atoms with E-state index < -0.39 is 0 Å². The molecule has 0 saturated carbocycles. The monoisotopic (exact) mass is 454 g/mol. The molecule has 1 amide bonds. The lowest BCUT2D eigenvalue weighted by Crippen LogP contribution is -2.31. The number of hydrogen-bond donors (Lipinski definition) is 0. The number of thiazole rings is 1. The molecular formula is C23H22N2O4S2. The van der Waals surface area contributed by atoms with Gasteiger partial charge in [-0.3, -0.25) is 4.79 Å². The number of carbonyl (C=O) groups excluding carboxylic acids is 1. The van der Waals surface area contributed by atoms with E-state index in [1.807, 2.05) is 53.2 Å². The molecule has 8 heteroatoms. The summed E-state index contributed by atoms with van der Waals surface area (Å²) in [5.41, 5.74) is 1.67. The lowest BCUT2D eigenvalue weighted by Gasteiger charge is -2.20. The van der Waals surface area contributed by atoms with Crippen LogP contribution in [0.4, 0.5) is 0 Å². The molecule has 0 aliphatic rings. The maximum atomic E-state index is 13.1. The molecule has 0 bridgehead atoms. The third-order valence-corrected chi connectivity index (χ3v) is 6.52. The number of aromatic nitrogens is 1. The fourth-order valence-corrected chi connectivity index (χ4v) is 4.71. The maximum absolute atomic E-state index is 13.1. The Morgan fingerprint density at radius 2 is 1.94 bits per heavy atom. The molecule has 4 aromatic rings. The summed E-state index contributed by atoms with van der Waals surface area (Å²) in [5, 5.41) is 4.78. The van der Waals surface area contributed by atoms with Crippen LogP contribution in [0.5, 0.6) is 11.5 Å². The molecule has 3 aromatic heterocycles. The van der Waals surface area contributed by atoms with E-state index in [9.17, 15) is 4.79 Å². The van der Waals surface area contributed by atoms with Gasteiger partial charge >= 0.3 is 0 Å². The summed E-state index contributed by atoms with van der Waals surface area (Å²) in [7, 11) is 3.21. The Morgan fingerprint density at radius 3 is 2.65 bits per heavy atom. The van der Waals surface area contributed by atoms with E-state index >= 15 is 0 Å². The van der Waals surface area contributed by atoms with Gasteiger partial charge in [0.05, 0.1) is 45.7 Å². The van der Waals surface area contributed by atoms with E-state index in [4.69, 9.17) is 13.9 Å². The summed E-state index contributed by atoms with van der Waals surface area (Å²) >= 11 is 3.14. The number of benzene rings is 1. The Balaban J connectivity index is 1.49. The molecular weight excluding hydrogens is 432 g/mol. The van der Waals surface area contributed by atoms with Gasteiger partial charge in [0, 0.05) is 15.8 Å². The van der Waals surface area contributed by atoms with Crippen molar-refractivity contribution >= 4 is 28.6 Å². The first kappa shape index (κ1) is 21.1. The Labute approximate surface area is 188 Å². The number of ether oxygens (including phenoxy) is 2. The minimum absolute atomic E-state index is 0.00830. The van der Waals surface area contributed by atoms with Gasteiger partial charge in [-0.15, -0.1) is 22.7 Å². The first-order valence-corrected chi connectivity index (χ1v) is 11.4. The van der Waals surface area contributed by atoms with Gasteiger partial charge in [-0.25, -0.2) is 4.98 Å². The molecule has 0 radical (unpaired) electrons. The summed E-state index contributed by atoms with van der Waals surface area (Å²) in [6.45, 7) is 0.972. The molecule has 1 aromatic carbocycles. The Morgan fingerprint density at radius 1 is 1.06 bits per heavy atom. The maximum Gasteiger partial charge on any atom is 0.229 e. The fraction of sp³-hybridized carbons (Fsp3) is 0.217. The number of amides is 1. The Hall–Kier alpha value is -3.10. The van der Waals surface area contributed by atoms with E-state index in [2.05, 4.69) is 4.98 Å². The van der Waals surface area contributed by atoms with Crippen molar-refractivity contribution in [2.75, 3.05) is 14.2 Å². The predicted molar refractivity (Wildman–Crippen MR) is 122 cm³/mol. The minimum Gasteiger partial charge on any atom is -0.493 e. The molecule has 0 saturated heterocycles. The van der Waals surface area contributed by atoms with Crippen LogP contribution in [0, 0.1) is 0 Å². The normalized spacial score (nSPS) is 10.8. The van der Waals surface area contributed by atoms with Gasteiger partial charge in [0.1, 0.15) is 10.8 Å². The van der Waals surface area contributed by atoms with E-state index in [1.54, 1.807) is 36.7 Å². The van der Waals surface area contributed by atoms with Crippen LogP contribution in [0.25, 0.3) is 10.6 Å². The second kappa shape index (κ2) is 9.80. The van der Waals surface area contributed by atoms with Crippen molar-refractivity contribution in [1.82, 2.24) is 9.88 Å². The van der Waals surface area contributed by atoms with Crippen molar-refractivity contribution in [2.24, 2.45) is 0 Å². The minimum atomic E-state index is 0.00830. The summed E-state index contributed by atoms with van der Waals surface area (Å²) in [5.74, 6) is 2.08. The highest BCUT2D eigenvalue weighted by molar-refractivity contribution is 7.13. The van der Waals surface area contributed by atoms with Crippen molar-refractivity contribution in [1.29, 1.82) is 0 Å². The molecule has 6 nitrogen and oxygen atoms in total. The van der Waals surface area contributed by atoms with Crippen LogP contribution in [0.3, 0.4) is 0 Å². The van der Waals surface area contributed by atoms with Gasteiger partial charge in [-0.2, -0.15) is 0 Å². The number of carbonyl (C=O) groups is 1. The third-order valence-electron chi connectivity index (χ3n) is 4.72. The molecule has 4 rings (SSSR count). The first-order valence-electron chi connectivity index (χ1n) is 9.65. The van der Waals surface area contributed by atoms with E-state index in [-0.39, 0.29) is 12.3 Å². The van der Waals surface area contributed by atoms with Crippen molar-refractivity contribution in [3.63, 3.8) is 0 Å². The van der Waals surface area contributed by atoms with Gasteiger partial charge in [0.15, 0.2) is 11.5 Å². The highest BCUT2D eigenvalue weighted by atomic mass is 32.1. The van der Waals surface area contributed by atoms with E-state index in [0.29, 0.717) is 24.6 Å². The van der Waals surface area contributed by atoms with Crippen molar-refractivity contribution in [3.05, 3.63) is 75.8 Å². The zero-order chi connectivity index (χ0) is 21.6. The van der Waals surface area contributed by atoms with Gasteiger partial charge < -0.3 is 18.8 Å². The van der Waals surface area contributed by atoms with Crippen molar-refractivity contribution < 1.29 is 18.7 Å². The molecule has 0 aliphatic carbocycles. The lowest BCUT2D eigenvalue weighted by atomic mass is 10.2. The average molecular weight is 455 g/mol. The average Bonchev–Trinajstić information content (AvgIpc) is 3.56. The standard InChI is InChI=1S/C23H22N2O4S2/c1-27-20-8-7-16(11-21(20)28-2)23-24-17(15-31-23)12-22(26)25(13-18-5-3-9-29-18)14-19-6-4-10-30-19/h3-11,15H,12-14H2,1-2H3. The van der Waals surface area contributed by atoms with Crippen LogP contribution in [0.15, 0.2) is 63.9 Å². The van der Waals surface area contributed by atoms with Crippen molar-refractivity contribution in [3.8, 4) is 22.1 Å². The summed E-state index contributed by atoms with van der Waals surface area (Å²) < 4.78 is 16.1. The molecule has 31 heavy (non-hydrogen) atoms. The third kappa shape index (κ3) is 5.15. The van der Waals surface area contributed by atoms with E-state index in [1.165, 1.54) is 11.3 Å². The number of thiophene rings is 1. The number of rotatable bonds is 9. The number of nitrogens with zero attached hydrogens (tertiary/aromatic N) is 2. The summed E-state index contributed by atoms with van der Waals surface area (Å²) in [4.78, 5) is 20.7. The van der Waals surface area contributed by atoms with Crippen LogP contribution < -0.4 is 9.47 Å². The van der Waals surface area contributed by atoms with E-state index in [0.717, 1.165) is 26.9 Å². The highest BCUT2D eigenvalue weighted by Gasteiger charge is 2.19. The van der Waals surface area contributed by atoms with Gasteiger partial charge in [-0.05, 0) is 41.8 Å². The number of furan rings is 1. The summed E-state index contributed by atoms with van der Waals surface area (Å²) in [6.07, 6.45) is 1.86. The van der Waals surface area contributed by atoms with Crippen LogP contribution in [0.1, 0.15) is 16.3 Å². The first-order chi connectivity index (χ1) is 15.2. The van der Waals surface area contributed by atoms with Crippen molar-refractivity contribution in [2.45, 2.75) is 19.5 Å². The molecule has 0 atom stereocenters. The zero-order valence-electron chi connectivity index (χ0n) is 17.2. The smallest absolute Gasteiger partial charge is 0.229 e. The second-order valence-electron chi connectivity index (χ2n) is 6.80. The Bertz CT molecular complexity index is 1080. The SMILES string of the molecule is COc1ccc(-c2nc(CC(=O)N(Cc3ccco3)Cc3cccs3)cs2)cc1OC. The Kier molecular flexibility index (Phi) is 6.69. The van der Waals surface area contributed by atoms with Crippen LogP contribution in [-0.4, -0.2) is 30.0 Å². The zero-order valence-corrected chi connectivity index (χ0v) is 18.9. The summed E-state index contributed by atoms with van der Waals surface area (Å²) in [6, 6.07) is 13.4. The molecule has 0 spiro atoms. The molecule has 0 aliphatic heterocycles. The predicted octanol–water partition coefficient (Wildman–Crippen LogP) is 5.25. The topological polar surface area (TPSA) is 64.8 Å². The molecule has 3 heterocycles. The van der Waals surface area contributed by atoms with Crippen LogP contribution in [-0.2, 0) is 24.3 Å².